The second-order valence-corrected chi connectivity index (χ2v) is 4.78. The van der Waals surface area contributed by atoms with E-state index in [1.807, 2.05) is 6.07 Å². The van der Waals surface area contributed by atoms with E-state index in [0.29, 0.717) is 11.3 Å². The Morgan fingerprint density at radius 2 is 1.82 bits per heavy atom. The molecule has 0 unspecified atom stereocenters. The van der Waals surface area contributed by atoms with Gasteiger partial charge < -0.3 is 19.7 Å². The zero-order chi connectivity index (χ0) is 16.1. The van der Waals surface area contributed by atoms with Crippen LogP contribution in [0.15, 0.2) is 42.5 Å². The first-order valence-corrected chi connectivity index (χ1v) is 6.78. The largest absolute Gasteiger partial charge is 0.507 e. The molecule has 0 fully saturated rings. The maximum Gasteiger partial charge on any atom is 0.173 e. The van der Waals surface area contributed by atoms with Crippen molar-refractivity contribution in [3.63, 3.8) is 0 Å². The van der Waals surface area contributed by atoms with Crippen molar-refractivity contribution < 1.29 is 24.5 Å². The standard InChI is InChI=1S/C17H18O5/c1-21-12-8-14(19)17(16(9-12)22-2)15(20)10-13(18)11-6-4-3-5-7-11/h3-9,13,18-19H,10H2,1-2H3/t13-/m1/s1. The topological polar surface area (TPSA) is 76.0 Å². The van der Waals surface area contributed by atoms with E-state index in [1.54, 1.807) is 24.3 Å². The number of carbonyl (C=O) groups is 1. The fourth-order valence-corrected chi connectivity index (χ4v) is 2.21. The van der Waals surface area contributed by atoms with Gasteiger partial charge in [0.1, 0.15) is 22.8 Å². The van der Waals surface area contributed by atoms with Crippen molar-refractivity contribution in [2.45, 2.75) is 12.5 Å². The Labute approximate surface area is 128 Å². The van der Waals surface area contributed by atoms with E-state index in [2.05, 4.69) is 0 Å². The molecule has 0 saturated heterocycles. The number of rotatable bonds is 6. The molecule has 0 aliphatic heterocycles. The van der Waals surface area contributed by atoms with Crippen LogP contribution in [0.1, 0.15) is 28.4 Å². The molecule has 0 amide bonds. The molecule has 2 rings (SSSR count). The third kappa shape index (κ3) is 3.38. The van der Waals surface area contributed by atoms with Gasteiger partial charge in [-0.15, -0.1) is 0 Å². The number of aromatic hydroxyl groups is 1. The lowest BCUT2D eigenvalue weighted by Gasteiger charge is -2.14. The minimum absolute atomic E-state index is 0.0401. The molecule has 22 heavy (non-hydrogen) atoms. The number of phenolic OH excluding ortho intramolecular Hbond substituents is 1. The average molecular weight is 302 g/mol. The fraction of sp³-hybridized carbons (Fsp3) is 0.235. The molecule has 1 atom stereocenters. The highest BCUT2D eigenvalue weighted by molar-refractivity contribution is 6.01. The van der Waals surface area contributed by atoms with Crippen LogP contribution in [0, 0.1) is 0 Å². The first kappa shape index (κ1) is 15.9. The second-order valence-electron chi connectivity index (χ2n) is 4.78. The van der Waals surface area contributed by atoms with Gasteiger partial charge >= 0.3 is 0 Å². The molecular formula is C17H18O5. The van der Waals surface area contributed by atoms with Crippen molar-refractivity contribution in [3.8, 4) is 17.2 Å². The summed E-state index contributed by atoms with van der Waals surface area (Å²) in [5, 5.41) is 20.2. The van der Waals surface area contributed by atoms with Gasteiger partial charge in [-0.25, -0.2) is 0 Å². The quantitative estimate of drug-likeness (QED) is 0.802. The zero-order valence-corrected chi connectivity index (χ0v) is 12.4. The number of Topliss-reactive ketones (excluding diaryl/α,β-unsaturated/α-hetero) is 1. The maximum absolute atomic E-state index is 12.4. The Hall–Kier alpha value is -2.53. The smallest absolute Gasteiger partial charge is 0.173 e. The minimum Gasteiger partial charge on any atom is -0.507 e. The second kappa shape index (κ2) is 6.95. The number of phenols is 1. The monoisotopic (exact) mass is 302 g/mol. The Bertz CT molecular complexity index is 652. The number of aliphatic hydroxyl groups is 1. The average Bonchev–Trinajstić information content (AvgIpc) is 2.54. The van der Waals surface area contributed by atoms with Crippen molar-refractivity contribution in [2.75, 3.05) is 14.2 Å². The first-order chi connectivity index (χ1) is 10.6. The molecule has 0 heterocycles. The van der Waals surface area contributed by atoms with Crippen LogP contribution >= 0.6 is 0 Å². The number of ether oxygens (including phenoxy) is 2. The summed E-state index contributed by atoms with van der Waals surface area (Å²) >= 11 is 0. The number of ketones is 1. The molecule has 5 nitrogen and oxygen atoms in total. The SMILES string of the molecule is COc1cc(O)c(C(=O)C[C@@H](O)c2ccccc2)c(OC)c1. The van der Waals surface area contributed by atoms with Crippen LogP contribution in [0.4, 0.5) is 0 Å². The van der Waals surface area contributed by atoms with E-state index in [1.165, 1.54) is 26.4 Å². The number of hydrogen-bond donors (Lipinski definition) is 2. The molecule has 0 aliphatic rings. The van der Waals surface area contributed by atoms with Gasteiger partial charge in [-0.05, 0) is 5.56 Å². The Kier molecular flexibility index (Phi) is 5.01. The molecule has 0 aromatic heterocycles. The van der Waals surface area contributed by atoms with E-state index in [-0.39, 0.29) is 23.5 Å². The Balaban J connectivity index is 2.26. The fourth-order valence-electron chi connectivity index (χ4n) is 2.21. The predicted molar refractivity (Wildman–Crippen MR) is 81.6 cm³/mol. The summed E-state index contributed by atoms with van der Waals surface area (Å²) in [4.78, 5) is 12.4. The molecule has 0 bridgehead atoms. The lowest BCUT2D eigenvalue weighted by molar-refractivity contribution is 0.0874. The van der Waals surface area contributed by atoms with E-state index < -0.39 is 11.9 Å². The number of carbonyl (C=O) groups excluding carboxylic acids is 1. The molecule has 116 valence electrons. The van der Waals surface area contributed by atoms with Gasteiger partial charge in [-0.1, -0.05) is 30.3 Å². The zero-order valence-electron chi connectivity index (χ0n) is 12.4. The number of methoxy groups -OCH3 is 2. The molecule has 0 radical (unpaired) electrons. The summed E-state index contributed by atoms with van der Waals surface area (Å²) in [5.41, 5.74) is 0.682. The van der Waals surface area contributed by atoms with Crippen LogP contribution in [0.5, 0.6) is 17.2 Å². The van der Waals surface area contributed by atoms with Gasteiger partial charge in [0, 0.05) is 18.6 Å². The highest BCUT2D eigenvalue weighted by Gasteiger charge is 2.22. The lowest BCUT2D eigenvalue weighted by Crippen LogP contribution is -2.09. The molecule has 0 spiro atoms. The molecule has 0 aliphatic carbocycles. The maximum atomic E-state index is 12.4. The molecule has 5 heteroatoms. The van der Waals surface area contributed by atoms with Crippen molar-refractivity contribution in [1.82, 2.24) is 0 Å². The summed E-state index contributed by atoms with van der Waals surface area (Å²) in [7, 11) is 2.85. The van der Waals surface area contributed by atoms with Gasteiger partial charge in [0.05, 0.1) is 20.3 Å². The van der Waals surface area contributed by atoms with Gasteiger partial charge in [-0.3, -0.25) is 4.79 Å². The van der Waals surface area contributed by atoms with Crippen molar-refractivity contribution in [3.05, 3.63) is 53.6 Å². The summed E-state index contributed by atoms with van der Waals surface area (Å²) < 4.78 is 10.2. The molecule has 0 saturated carbocycles. The van der Waals surface area contributed by atoms with Crippen molar-refractivity contribution in [1.29, 1.82) is 0 Å². The number of hydrogen-bond acceptors (Lipinski definition) is 5. The lowest BCUT2D eigenvalue weighted by atomic mass is 9.99. The van der Waals surface area contributed by atoms with Crippen LogP contribution in [0.25, 0.3) is 0 Å². The summed E-state index contributed by atoms with van der Waals surface area (Å²) in [6, 6.07) is 11.7. The molecular weight excluding hydrogens is 284 g/mol. The first-order valence-electron chi connectivity index (χ1n) is 6.78. The number of aliphatic hydroxyl groups excluding tert-OH is 1. The van der Waals surface area contributed by atoms with Crippen LogP contribution < -0.4 is 9.47 Å². The van der Waals surface area contributed by atoms with E-state index in [4.69, 9.17) is 9.47 Å². The summed E-state index contributed by atoms with van der Waals surface area (Å²) in [6.45, 7) is 0. The normalized spacial score (nSPS) is 11.8. The highest BCUT2D eigenvalue weighted by Crippen LogP contribution is 2.35. The van der Waals surface area contributed by atoms with Crippen LogP contribution in [0.2, 0.25) is 0 Å². The third-order valence-corrected chi connectivity index (χ3v) is 3.35. The van der Waals surface area contributed by atoms with Gasteiger partial charge in [0.2, 0.25) is 0 Å². The van der Waals surface area contributed by atoms with Crippen molar-refractivity contribution >= 4 is 5.78 Å². The van der Waals surface area contributed by atoms with E-state index in [0.717, 1.165) is 0 Å². The van der Waals surface area contributed by atoms with E-state index in [9.17, 15) is 15.0 Å². The molecule has 2 aromatic rings. The molecule has 2 N–H and O–H groups in total. The van der Waals surface area contributed by atoms with Crippen LogP contribution in [0.3, 0.4) is 0 Å². The van der Waals surface area contributed by atoms with Crippen LogP contribution in [-0.2, 0) is 0 Å². The van der Waals surface area contributed by atoms with E-state index >= 15 is 0 Å². The highest BCUT2D eigenvalue weighted by atomic mass is 16.5. The van der Waals surface area contributed by atoms with Crippen LogP contribution in [-0.4, -0.2) is 30.2 Å². The third-order valence-electron chi connectivity index (χ3n) is 3.35. The molecule has 2 aromatic carbocycles. The predicted octanol–water partition coefficient (Wildman–Crippen LogP) is 2.72. The van der Waals surface area contributed by atoms with Gasteiger partial charge in [-0.2, -0.15) is 0 Å². The minimum atomic E-state index is -0.945. The van der Waals surface area contributed by atoms with Gasteiger partial charge in [0.25, 0.3) is 0 Å². The Morgan fingerprint density at radius 3 is 2.41 bits per heavy atom. The summed E-state index contributed by atoms with van der Waals surface area (Å²) in [5.74, 6) is -0.0496. The van der Waals surface area contributed by atoms with Gasteiger partial charge in [0.15, 0.2) is 5.78 Å². The number of benzene rings is 2. The van der Waals surface area contributed by atoms with Crippen molar-refractivity contribution in [2.24, 2.45) is 0 Å². The Morgan fingerprint density at radius 1 is 1.14 bits per heavy atom. The summed E-state index contributed by atoms with van der Waals surface area (Å²) in [6.07, 6.45) is -1.10.